The van der Waals surface area contributed by atoms with Crippen LogP contribution in [-0.2, 0) is 9.47 Å². The normalized spacial score (nSPS) is 9.86. The third-order valence-corrected chi connectivity index (χ3v) is 0.974. The summed E-state index contributed by atoms with van der Waals surface area (Å²) in [6.07, 6.45) is -0.403. The summed E-state index contributed by atoms with van der Waals surface area (Å²) in [6.45, 7) is 10.4. The van der Waals surface area contributed by atoms with Crippen LogP contribution in [0, 0.1) is 0 Å². The Labute approximate surface area is 87.0 Å². The van der Waals surface area contributed by atoms with E-state index in [1.54, 1.807) is 7.11 Å². The Morgan fingerprint density at radius 3 is 2.14 bits per heavy atom. The van der Waals surface area contributed by atoms with Crippen LogP contribution in [0.2, 0.25) is 0 Å². The van der Waals surface area contributed by atoms with Crippen LogP contribution < -0.4 is 5.32 Å². The van der Waals surface area contributed by atoms with Crippen molar-refractivity contribution in [3.8, 4) is 0 Å². The summed E-state index contributed by atoms with van der Waals surface area (Å²) in [7, 11) is 1.58. The minimum atomic E-state index is -0.433. The van der Waals surface area contributed by atoms with Crippen LogP contribution in [0.15, 0.2) is 0 Å². The highest BCUT2D eigenvalue weighted by Gasteiger charge is 2.15. The Balaban J connectivity index is 0. The van der Waals surface area contributed by atoms with Gasteiger partial charge in [0.2, 0.25) is 0 Å². The van der Waals surface area contributed by atoms with Gasteiger partial charge in [-0.05, 0) is 20.8 Å². The summed E-state index contributed by atoms with van der Waals surface area (Å²) >= 11 is 0. The average molecular weight is 205 g/mol. The molecule has 0 unspecified atom stereocenters. The fourth-order valence-corrected chi connectivity index (χ4v) is 0.569. The SMILES string of the molecule is CC.COCCNC(=O)OC(C)(C)C. The van der Waals surface area contributed by atoms with Gasteiger partial charge in [-0.1, -0.05) is 13.8 Å². The molecule has 0 aromatic rings. The van der Waals surface area contributed by atoms with Crippen molar-refractivity contribution >= 4 is 6.09 Å². The van der Waals surface area contributed by atoms with Crippen molar-refractivity contribution < 1.29 is 14.3 Å². The van der Waals surface area contributed by atoms with Crippen LogP contribution in [-0.4, -0.2) is 32.0 Å². The molecule has 0 aliphatic heterocycles. The van der Waals surface area contributed by atoms with Gasteiger partial charge < -0.3 is 14.8 Å². The molecule has 0 saturated heterocycles. The van der Waals surface area contributed by atoms with E-state index in [1.807, 2.05) is 34.6 Å². The van der Waals surface area contributed by atoms with E-state index in [1.165, 1.54) is 0 Å². The van der Waals surface area contributed by atoms with E-state index >= 15 is 0 Å². The number of nitrogens with one attached hydrogen (secondary N) is 1. The molecule has 0 spiro atoms. The van der Waals surface area contributed by atoms with Crippen molar-refractivity contribution in [1.82, 2.24) is 5.32 Å². The molecule has 0 aromatic heterocycles. The summed E-state index contributed by atoms with van der Waals surface area (Å²) in [5.41, 5.74) is -0.433. The summed E-state index contributed by atoms with van der Waals surface area (Å²) < 4.78 is 9.73. The van der Waals surface area contributed by atoms with Gasteiger partial charge in [0.1, 0.15) is 5.60 Å². The molecular formula is C10H23NO3. The maximum absolute atomic E-state index is 10.9. The van der Waals surface area contributed by atoms with Crippen molar-refractivity contribution in [2.75, 3.05) is 20.3 Å². The molecule has 1 N–H and O–H groups in total. The maximum atomic E-state index is 10.9. The highest BCUT2D eigenvalue weighted by Crippen LogP contribution is 2.05. The quantitative estimate of drug-likeness (QED) is 0.718. The fourth-order valence-electron chi connectivity index (χ4n) is 0.569. The van der Waals surface area contributed by atoms with Gasteiger partial charge in [-0.3, -0.25) is 0 Å². The fraction of sp³-hybridized carbons (Fsp3) is 0.900. The van der Waals surface area contributed by atoms with Crippen LogP contribution >= 0.6 is 0 Å². The second-order valence-corrected chi connectivity index (χ2v) is 3.42. The number of hydrogen-bond donors (Lipinski definition) is 1. The Kier molecular flexibility index (Phi) is 9.88. The predicted octanol–water partition coefficient (Wildman–Crippen LogP) is 2.18. The Morgan fingerprint density at radius 2 is 1.79 bits per heavy atom. The lowest BCUT2D eigenvalue weighted by Gasteiger charge is -2.19. The Hall–Kier alpha value is -0.770. The van der Waals surface area contributed by atoms with Crippen molar-refractivity contribution in [3.05, 3.63) is 0 Å². The van der Waals surface area contributed by atoms with Crippen LogP contribution in [0.4, 0.5) is 4.79 Å². The first kappa shape index (κ1) is 15.7. The molecule has 14 heavy (non-hydrogen) atoms. The number of rotatable bonds is 3. The van der Waals surface area contributed by atoms with Crippen molar-refractivity contribution in [2.45, 2.75) is 40.2 Å². The summed E-state index contributed by atoms with van der Waals surface area (Å²) in [5, 5.41) is 2.55. The van der Waals surface area contributed by atoms with Gasteiger partial charge >= 0.3 is 6.09 Å². The van der Waals surface area contributed by atoms with Gasteiger partial charge in [-0.2, -0.15) is 0 Å². The van der Waals surface area contributed by atoms with Crippen molar-refractivity contribution in [2.24, 2.45) is 0 Å². The van der Waals surface area contributed by atoms with E-state index in [0.29, 0.717) is 13.2 Å². The van der Waals surface area contributed by atoms with Gasteiger partial charge in [-0.15, -0.1) is 0 Å². The molecule has 0 aliphatic carbocycles. The largest absolute Gasteiger partial charge is 0.444 e. The number of hydrogen-bond acceptors (Lipinski definition) is 3. The topological polar surface area (TPSA) is 47.6 Å². The van der Waals surface area contributed by atoms with Crippen molar-refractivity contribution in [1.29, 1.82) is 0 Å². The summed E-state index contributed by atoms with van der Waals surface area (Å²) in [4.78, 5) is 10.9. The first-order chi connectivity index (χ1) is 6.45. The van der Waals surface area contributed by atoms with Crippen molar-refractivity contribution in [3.63, 3.8) is 0 Å². The molecule has 0 aliphatic rings. The third kappa shape index (κ3) is 13.8. The first-order valence-electron chi connectivity index (χ1n) is 4.91. The lowest BCUT2D eigenvalue weighted by Crippen LogP contribution is -2.34. The number of carbonyl (C=O) groups excluding carboxylic acids is 1. The molecule has 0 heterocycles. The molecule has 0 saturated carbocycles. The zero-order valence-electron chi connectivity index (χ0n) is 10.1. The lowest BCUT2D eigenvalue weighted by atomic mass is 10.2. The molecule has 0 bridgehead atoms. The van der Waals surface area contributed by atoms with E-state index in [-0.39, 0.29) is 0 Å². The van der Waals surface area contributed by atoms with E-state index in [4.69, 9.17) is 9.47 Å². The van der Waals surface area contributed by atoms with Gasteiger partial charge in [-0.25, -0.2) is 4.79 Å². The van der Waals surface area contributed by atoms with Crippen LogP contribution in [0.1, 0.15) is 34.6 Å². The summed E-state index contributed by atoms with van der Waals surface area (Å²) in [6, 6.07) is 0. The predicted molar refractivity (Wildman–Crippen MR) is 57.5 cm³/mol. The zero-order valence-corrected chi connectivity index (χ0v) is 10.1. The minimum absolute atomic E-state index is 0.403. The molecule has 0 rings (SSSR count). The number of methoxy groups -OCH3 is 1. The summed E-state index contributed by atoms with van der Waals surface area (Å²) in [5.74, 6) is 0. The third-order valence-electron chi connectivity index (χ3n) is 0.974. The van der Waals surface area contributed by atoms with E-state index in [2.05, 4.69) is 5.32 Å². The zero-order chi connectivity index (χ0) is 11.6. The number of carbonyl (C=O) groups is 1. The maximum Gasteiger partial charge on any atom is 0.407 e. The molecule has 86 valence electrons. The van der Waals surface area contributed by atoms with Gasteiger partial charge in [0, 0.05) is 13.7 Å². The monoisotopic (exact) mass is 205 g/mol. The van der Waals surface area contributed by atoms with Crippen LogP contribution in [0.5, 0.6) is 0 Å². The minimum Gasteiger partial charge on any atom is -0.444 e. The van der Waals surface area contributed by atoms with E-state index in [9.17, 15) is 4.79 Å². The standard InChI is InChI=1S/C8H17NO3.C2H6/c1-8(2,3)12-7(10)9-5-6-11-4;1-2/h5-6H2,1-4H3,(H,9,10);1-2H3. The average Bonchev–Trinajstić information content (AvgIpc) is 2.05. The Morgan fingerprint density at radius 1 is 1.29 bits per heavy atom. The molecular weight excluding hydrogens is 182 g/mol. The molecule has 0 aromatic carbocycles. The highest BCUT2D eigenvalue weighted by atomic mass is 16.6. The van der Waals surface area contributed by atoms with E-state index in [0.717, 1.165) is 0 Å². The number of alkyl carbamates (subject to hydrolysis) is 1. The van der Waals surface area contributed by atoms with E-state index < -0.39 is 11.7 Å². The molecule has 1 amide bonds. The van der Waals surface area contributed by atoms with Gasteiger partial charge in [0.25, 0.3) is 0 Å². The smallest absolute Gasteiger partial charge is 0.407 e. The molecule has 4 nitrogen and oxygen atoms in total. The highest BCUT2D eigenvalue weighted by molar-refractivity contribution is 5.67. The molecule has 0 atom stereocenters. The Bertz CT molecular complexity index is 141. The molecule has 0 fully saturated rings. The first-order valence-corrected chi connectivity index (χ1v) is 4.91. The van der Waals surface area contributed by atoms with Crippen LogP contribution in [0.25, 0.3) is 0 Å². The number of amides is 1. The lowest BCUT2D eigenvalue weighted by molar-refractivity contribution is 0.0511. The second kappa shape index (κ2) is 8.81. The van der Waals surface area contributed by atoms with Crippen LogP contribution in [0.3, 0.4) is 0 Å². The second-order valence-electron chi connectivity index (χ2n) is 3.42. The molecule has 4 heteroatoms. The number of ether oxygens (including phenoxy) is 2. The molecule has 0 radical (unpaired) electrons. The van der Waals surface area contributed by atoms with Gasteiger partial charge in [0.15, 0.2) is 0 Å². The van der Waals surface area contributed by atoms with Gasteiger partial charge in [0.05, 0.1) is 6.61 Å².